The second-order valence-corrected chi connectivity index (χ2v) is 5.53. The fraction of sp³-hybridized carbons (Fsp3) is 0.429. The van der Waals surface area contributed by atoms with Gasteiger partial charge in [-0.1, -0.05) is 6.07 Å². The van der Waals surface area contributed by atoms with Crippen LogP contribution in [0.4, 0.5) is 16.2 Å². The quantitative estimate of drug-likeness (QED) is 0.680. The van der Waals surface area contributed by atoms with E-state index in [9.17, 15) is 14.9 Å². The Kier molecular flexibility index (Phi) is 4.30. The lowest BCUT2D eigenvalue weighted by Gasteiger charge is -2.13. The molecule has 0 fully saturated rings. The first-order valence-electron chi connectivity index (χ1n) is 6.71. The van der Waals surface area contributed by atoms with Crippen LogP contribution in [0.25, 0.3) is 0 Å². The minimum atomic E-state index is -0.732. The zero-order chi connectivity index (χ0) is 16.3. The molecule has 118 valence electrons. The summed E-state index contributed by atoms with van der Waals surface area (Å²) in [5.41, 5.74) is -0.166. The number of nitrogens with one attached hydrogen (secondary N) is 1. The molecule has 0 saturated carbocycles. The first-order valence-corrected chi connectivity index (χ1v) is 6.71. The van der Waals surface area contributed by atoms with Gasteiger partial charge in [-0.05, 0) is 26.8 Å². The molecule has 1 aliphatic rings. The third-order valence-corrected chi connectivity index (χ3v) is 2.92. The summed E-state index contributed by atoms with van der Waals surface area (Å²) < 4.78 is 10.5. The summed E-state index contributed by atoms with van der Waals surface area (Å²) in [5, 5.41) is 13.1. The number of nitro groups is 1. The van der Waals surface area contributed by atoms with Gasteiger partial charge in [-0.15, -0.1) is 0 Å². The van der Waals surface area contributed by atoms with Gasteiger partial charge in [0.05, 0.1) is 16.1 Å². The fourth-order valence-electron chi connectivity index (χ4n) is 1.88. The van der Waals surface area contributed by atoms with E-state index in [1.807, 2.05) is 13.8 Å². The maximum Gasteiger partial charge on any atom is 0.412 e. The van der Waals surface area contributed by atoms with E-state index in [0.29, 0.717) is 12.5 Å². The van der Waals surface area contributed by atoms with E-state index in [0.717, 1.165) is 0 Å². The normalized spacial score (nSPS) is 17.1. The van der Waals surface area contributed by atoms with E-state index in [4.69, 9.17) is 9.47 Å². The Bertz CT molecular complexity index is 627. The zero-order valence-electron chi connectivity index (χ0n) is 12.5. The predicted molar refractivity (Wildman–Crippen MR) is 80.1 cm³/mol. The fourth-order valence-corrected chi connectivity index (χ4v) is 1.88. The average molecular weight is 307 g/mol. The topological polar surface area (TPSA) is 103 Å². The Morgan fingerprint density at radius 1 is 1.55 bits per heavy atom. The van der Waals surface area contributed by atoms with Crippen molar-refractivity contribution in [3.05, 3.63) is 34.4 Å². The first kappa shape index (κ1) is 15.7. The van der Waals surface area contributed by atoms with Crippen LogP contribution in [0.5, 0.6) is 0 Å². The molecule has 1 amide bonds. The summed E-state index contributed by atoms with van der Waals surface area (Å²) in [5.74, 6) is 0.360. The van der Waals surface area contributed by atoms with Crippen molar-refractivity contribution in [2.45, 2.75) is 32.4 Å². The molecule has 0 saturated heterocycles. The number of ether oxygens (including phenoxy) is 2. The minimum absolute atomic E-state index is 0.115. The lowest BCUT2D eigenvalue weighted by molar-refractivity contribution is -0.384. The van der Waals surface area contributed by atoms with Crippen molar-refractivity contribution in [3.8, 4) is 0 Å². The molecule has 1 unspecified atom stereocenters. The number of carbonyl (C=O) groups is 1. The Morgan fingerprint density at radius 2 is 2.27 bits per heavy atom. The average Bonchev–Trinajstić information content (AvgIpc) is 2.79. The van der Waals surface area contributed by atoms with Crippen LogP contribution in [-0.2, 0) is 9.47 Å². The largest absolute Gasteiger partial charge is 0.476 e. The van der Waals surface area contributed by atoms with Crippen LogP contribution in [0, 0.1) is 10.1 Å². The number of hydrogen-bond donors (Lipinski definition) is 1. The smallest absolute Gasteiger partial charge is 0.412 e. The van der Waals surface area contributed by atoms with Crippen LogP contribution in [0.1, 0.15) is 20.8 Å². The van der Waals surface area contributed by atoms with Crippen molar-refractivity contribution < 1.29 is 19.2 Å². The van der Waals surface area contributed by atoms with Crippen LogP contribution < -0.4 is 5.32 Å². The van der Waals surface area contributed by atoms with E-state index in [-0.39, 0.29) is 16.9 Å². The highest BCUT2D eigenvalue weighted by atomic mass is 16.6. The molecule has 1 heterocycles. The van der Waals surface area contributed by atoms with E-state index < -0.39 is 17.1 Å². The molecule has 0 bridgehead atoms. The van der Waals surface area contributed by atoms with Crippen LogP contribution in [0.15, 0.2) is 29.3 Å². The van der Waals surface area contributed by atoms with Gasteiger partial charge in [-0.25, -0.2) is 9.79 Å². The molecular weight excluding hydrogens is 290 g/mol. The molecule has 8 heteroatoms. The molecule has 1 N–H and O–H groups in total. The van der Waals surface area contributed by atoms with Crippen molar-refractivity contribution in [1.29, 1.82) is 0 Å². The van der Waals surface area contributed by atoms with Crippen molar-refractivity contribution in [2.24, 2.45) is 4.99 Å². The Hall–Kier alpha value is -2.64. The summed E-state index contributed by atoms with van der Waals surface area (Å²) >= 11 is 0. The molecule has 8 nitrogen and oxygen atoms in total. The summed E-state index contributed by atoms with van der Waals surface area (Å²) in [7, 11) is 0. The second kappa shape index (κ2) is 6.00. The van der Waals surface area contributed by atoms with Gasteiger partial charge in [0.2, 0.25) is 5.90 Å². The molecule has 2 rings (SSSR count). The summed E-state index contributed by atoms with van der Waals surface area (Å²) in [4.78, 5) is 26.3. The molecule has 1 aromatic carbocycles. The maximum absolute atomic E-state index is 11.8. The molecule has 1 aliphatic heterocycles. The Labute approximate surface area is 127 Å². The number of nitrogens with zero attached hydrogens (tertiary/aromatic N) is 2. The van der Waals surface area contributed by atoms with Gasteiger partial charge < -0.3 is 9.47 Å². The van der Waals surface area contributed by atoms with Gasteiger partial charge in [0, 0.05) is 12.1 Å². The number of nitro benzene ring substituents is 1. The SMILES string of the molecule is CC(OC(=O)Nc1cccc([N+](=O)[O-])c1)C1=NC(C)(C)CO1. The first-order chi connectivity index (χ1) is 10.3. The van der Waals surface area contributed by atoms with Gasteiger partial charge in [-0.2, -0.15) is 0 Å². The van der Waals surface area contributed by atoms with E-state index in [1.54, 1.807) is 6.92 Å². The maximum atomic E-state index is 11.8. The number of amides is 1. The molecule has 1 aromatic rings. The summed E-state index contributed by atoms with van der Waals surface area (Å²) in [6.07, 6.45) is -1.37. The monoisotopic (exact) mass is 307 g/mol. The molecule has 1 atom stereocenters. The Morgan fingerprint density at radius 3 is 2.86 bits per heavy atom. The minimum Gasteiger partial charge on any atom is -0.476 e. The van der Waals surface area contributed by atoms with Gasteiger partial charge in [0.25, 0.3) is 5.69 Å². The van der Waals surface area contributed by atoms with Crippen LogP contribution in [0.2, 0.25) is 0 Å². The molecule has 0 aromatic heterocycles. The second-order valence-electron chi connectivity index (χ2n) is 5.53. The van der Waals surface area contributed by atoms with Gasteiger partial charge in [-0.3, -0.25) is 15.4 Å². The number of benzene rings is 1. The zero-order valence-corrected chi connectivity index (χ0v) is 12.5. The van der Waals surface area contributed by atoms with Crippen LogP contribution in [-0.4, -0.2) is 35.2 Å². The van der Waals surface area contributed by atoms with Crippen LogP contribution >= 0.6 is 0 Å². The predicted octanol–water partition coefficient (Wildman–Crippen LogP) is 2.74. The standard InChI is InChI=1S/C14H17N3O5/c1-9(12-16-14(2,3)8-21-12)22-13(18)15-10-5-4-6-11(7-10)17(19)20/h4-7,9H,8H2,1-3H3,(H,15,18). The summed E-state index contributed by atoms with van der Waals surface area (Å²) in [6, 6.07) is 5.59. The summed E-state index contributed by atoms with van der Waals surface area (Å²) in [6.45, 7) is 5.90. The molecule has 0 aliphatic carbocycles. The van der Waals surface area contributed by atoms with Crippen molar-refractivity contribution in [2.75, 3.05) is 11.9 Å². The van der Waals surface area contributed by atoms with Crippen molar-refractivity contribution >= 4 is 23.4 Å². The van der Waals surface area contributed by atoms with Crippen LogP contribution in [0.3, 0.4) is 0 Å². The number of carbonyl (C=O) groups excluding carboxylic acids is 1. The lowest BCUT2D eigenvalue weighted by Crippen LogP contribution is -2.27. The number of non-ortho nitro benzene ring substituents is 1. The van der Waals surface area contributed by atoms with Crippen molar-refractivity contribution in [3.63, 3.8) is 0 Å². The third-order valence-electron chi connectivity index (χ3n) is 2.92. The molecule has 22 heavy (non-hydrogen) atoms. The molecule has 0 spiro atoms. The molecular formula is C14H17N3O5. The number of hydrogen-bond acceptors (Lipinski definition) is 6. The lowest BCUT2D eigenvalue weighted by atomic mass is 10.1. The third kappa shape index (κ3) is 3.94. The van der Waals surface area contributed by atoms with Gasteiger partial charge in [0.15, 0.2) is 6.10 Å². The molecule has 0 radical (unpaired) electrons. The van der Waals surface area contributed by atoms with Crippen molar-refractivity contribution in [1.82, 2.24) is 0 Å². The van der Waals surface area contributed by atoms with E-state index in [2.05, 4.69) is 10.3 Å². The number of rotatable bonds is 4. The number of aliphatic imine (C=N–C) groups is 1. The Balaban J connectivity index is 1.96. The number of anilines is 1. The highest BCUT2D eigenvalue weighted by Crippen LogP contribution is 2.20. The van der Waals surface area contributed by atoms with Gasteiger partial charge in [0.1, 0.15) is 6.61 Å². The highest BCUT2D eigenvalue weighted by Gasteiger charge is 2.30. The van der Waals surface area contributed by atoms with E-state index in [1.165, 1.54) is 24.3 Å². The highest BCUT2D eigenvalue weighted by molar-refractivity contribution is 5.89. The van der Waals surface area contributed by atoms with E-state index >= 15 is 0 Å². The van der Waals surface area contributed by atoms with Gasteiger partial charge >= 0.3 is 6.09 Å².